The molecule has 0 fully saturated rings. The van der Waals surface area contributed by atoms with Gasteiger partial charge in [-0.05, 0) is 18.5 Å². The second-order valence-corrected chi connectivity index (χ2v) is 5.00. The van der Waals surface area contributed by atoms with Crippen LogP contribution in [0.2, 0.25) is 0 Å². The standard InChI is InChI=1S/C12H16N4OS/c1-13-11(9-6-15-16(2)8-9)12(17)14-7-10-4-3-5-18-10/h3-6,8,11,13H,7H2,1-2H3,(H,14,17). The first-order valence-electron chi connectivity index (χ1n) is 5.66. The number of amides is 1. The monoisotopic (exact) mass is 264 g/mol. The molecule has 0 saturated carbocycles. The van der Waals surface area contributed by atoms with E-state index in [-0.39, 0.29) is 11.9 Å². The van der Waals surface area contributed by atoms with Gasteiger partial charge >= 0.3 is 0 Å². The fourth-order valence-electron chi connectivity index (χ4n) is 1.73. The van der Waals surface area contributed by atoms with Crippen molar-refractivity contribution in [2.24, 2.45) is 7.05 Å². The van der Waals surface area contributed by atoms with Crippen molar-refractivity contribution in [3.8, 4) is 0 Å². The number of thiophene rings is 1. The summed E-state index contributed by atoms with van der Waals surface area (Å²) in [5.41, 5.74) is 0.865. The number of aromatic nitrogens is 2. The van der Waals surface area contributed by atoms with E-state index in [1.165, 1.54) is 0 Å². The molecule has 1 amide bonds. The Kier molecular flexibility index (Phi) is 4.11. The van der Waals surface area contributed by atoms with Gasteiger partial charge in [0.25, 0.3) is 0 Å². The summed E-state index contributed by atoms with van der Waals surface area (Å²) in [5.74, 6) is -0.0427. The Morgan fingerprint density at radius 2 is 2.44 bits per heavy atom. The molecule has 0 aliphatic heterocycles. The van der Waals surface area contributed by atoms with Crippen LogP contribution in [0.4, 0.5) is 0 Å². The zero-order chi connectivity index (χ0) is 13.0. The van der Waals surface area contributed by atoms with Crippen molar-refractivity contribution in [1.29, 1.82) is 0 Å². The van der Waals surface area contributed by atoms with Gasteiger partial charge in [0.15, 0.2) is 0 Å². The second kappa shape index (κ2) is 5.79. The van der Waals surface area contributed by atoms with Crippen LogP contribution in [0.15, 0.2) is 29.9 Å². The second-order valence-electron chi connectivity index (χ2n) is 3.97. The number of nitrogens with zero attached hydrogens (tertiary/aromatic N) is 2. The first kappa shape index (κ1) is 12.8. The van der Waals surface area contributed by atoms with E-state index in [1.54, 1.807) is 29.3 Å². The highest BCUT2D eigenvalue weighted by atomic mass is 32.1. The molecule has 2 heterocycles. The maximum Gasteiger partial charge on any atom is 0.242 e. The van der Waals surface area contributed by atoms with Gasteiger partial charge in [-0.15, -0.1) is 11.3 Å². The molecule has 2 aromatic heterocycles. The number of rotatable bonds is 5. The van der Waals surface area contributed by atoms with E-state index in [2.05, 4.69) is 15.7 Å². The highest BCUT2D eigenvalue weighted by molar-refractivity contribution is 7.09. The molecular weight excluding hydrogens is 248 g/mol. The van der Waals surface area contributed by atoms with Gasteiger partial charge in [-0.25, -0.2) is 0 Å². The minimum atomic E-state index is -0.362. The molecule has 0 spiro atoms. The number of likely N-dealkylation sites (N-methyl/N-ethyl adjacent to an activating group) is 1. The van der Waals surface area contributed by atoms with Gasteiger partial charge in [-0.3, -0.25) is 9.48 Å². The molecule has 2 N–H and O–H groups in total. The molecule has 96 valence electrons. The lowest BCUT2D eigenvalue weighted by atomic mass is 10.1. The third kappa shape index (κ3) is 2.96. The van der Waals surface area contributed by atoms with Gasteiger partial charge in [0.1, 0.15) is 6.04 Å². The van der Waals surface area contributed by atoms with Gasteiger partial charge in [0.05, 0.1) is 12.7 Å². The van der Waals surface area contributed by atoms with Gasteiger partial charge in [-0.2, -0.15) is 5.10 Å². The van der Waals surface area contributed by atoms with Crippen molar-refractivity contribution < 1.29 is 4.79 Å². The fraction of sp³-hybridized carbons (Fsp3) is 0.333. The summed E-state index contributed by atoms with van der Waals surface area (Å²) in [6.45, 7) is 0.564. The van der Waals surface area contributed by atoms with Crippen molar-refractivity contribution in [2.75, 3.05) is 7.05 Å². The molecule has 0 aromatic carbocycles. The molecule has 5 nitrogen and oxygen atoms in total. The summed E-state index contributed by atoms with van der Waals surface area (Å²) in [6, 6.07) is 3.62. The molecule has 2 aromatic rings. The minimum Gasteiger partial charge on any atom is -0.350 e. The van der Waals surface area contributed by atoms with Crippen LogP contribution in [0.1, 0.15) is 16.5 Å². The third-order valence-electron chi connectivity index (χ3n) is 2.63. The summed E-state index contributed by atoms with van der Waals surface area (Å²) >= 11 is 1.63. The zero-order valence-electron chi connectivity index (χ0n) is 10.4. The molecule has 2 rings (SSSR count). The zero-order valence-corrected chi connectivity index (χ0v) is 11.2. The topological polar surface area (TPSA) is 59.0 Å². The van der Waals surface area contributed by atoms with Crippen LogP contribution in [0.3, 0.4) is 0 Å². The van der Waals surface area contributed by atoms with Crippen molar-refractivity contribution in [3.05, 3.63) is 40.3 Å². The van der Waals surface area contributed by atoms with E-state index in [0.717, 1.165) is 10.4 Å². The van der Waals surface area contributed by atoms with E-state index in [9.17, 15) is 4.79 Å². The largest absolute Gasteiger partial charge is 0.350 e. The third-order valence-corrected chi connectivity index (χ3v) is 3.50. The summed E-state index contributed by atoms with van der Waals surface area (Å²) in [6.07, 6.45) is 3.54. The first-order valence-corrected chi connectivity index (χ1v) is 6.54. The van der Waals surface area contributed by atoms with Crippen LogP contribution in [0.25, 0.3) is 0 Å². The lowest BCUT2D eigenvalue weighted by Gasteiger charge is -2.14. The van der Waals surface area contributed by atoms with Crippen molar-refractivity contribution >= 4 is 17.2 Å². The van der Waals surface area contributed by atoms with E-state index < -0.39 is 0 Å². The highest BCUT2D eigenvalue weighted by Gasteiger charge is 2.19. The average Bonchev–Trinajstić information content (AvgIpc) is 2.99. The minimum absolute atomic E-state index is 0.0427. The Morgan fingerprint density at radius 1 is 1.61 bits per heavy atom. The smallest absolute Gasteiger partial charge is 0.242 e. The average molecular weight is 264 g/mol. The normalized spacial score (nSPS) is 12.3. The van der Waals surface area contributed by atoms with Gasteiger partial charge in [0.2, 0.25) is 5.91 Å². The molecule has 0 radical (unpaired) electrons. The van der Waals surface area contributed by atoms with Crippen LogP contribution in [0.5, 0.6) is 0 Å². The van der Waals surface area contributed by atoms with Crippen LogP contribution < -0.4 is 10.6 Å². The van der Waals surface area contributed by atoms with Gasteiger partial charge in [0, 0.05) is 23.7 Å². The quantitative estimate of drug-likeness (QED) is 0.849. The number of hydrogen-bond acceptors (Lipinski definition) is 4. The SMILES string of the molecule is CNC(C(=O)NCc1cccs1)c1cnn(C)c1. The van der Waals surface area contributed by atoms with Crippen LogP contribution >= 0.6 is 11.3 Å². The van der Waals surface area contributed by atoms with Gasteiger partial charge < -0.3 is 10.6 Å². The first-order chi connectivity index (χ1) is 8.70. The molecule has 1 atom stereocenters. The predicted octanol–water partition coefficient (Wildman–Crippen LogP) is 1.06. The number of carbonyl (C=O) groups excluding carboxylic acids is 1. The Morgan fingerprint density at radius 3 is 3.00 bits per heavy atom. The fourth-order valence-corrected chi connectivity index (χ4v) is 2.37. The Bertz CT molecular complexity index is 506. The molecule has 6 heteroatoms. The number of aryl methyl sites for hydroxylation is 1. The maximum atomic E-state index is 12.1. The molecule has 0 bridgehead atoms. The van der Waals surface area contributed by atoms with E-state index >= 15 is 0 Å². The molecule has 18 heavy (non-hydrogen) atoms. The summed E-state index contributed by atoms with van der Waals surface area (Å²) < 4.78 is 1.69. The van der Waals surface area contributed by atoms with Crippen molar-refractivity contribution in [2.45, 2.75) is 12.6 Å². The summed E-state index contributed by atoms with van der Waals surface area (Å²) in [4.78, 5) is 13.2. The number of carbonyl (C=O) groups is 1. The Balaban J connectivity index is 1.97. The number of hydrogen-bond donors (Lipinski definition) is 2. The molecule has 1 unspecified atom stereocenters. The van der Waals surface area contributed by atoms with E-state index in [0.29, 0.717) is 6.54 Å². The summed E-state index contributed by atoms with van der Waals surface area (Å²) in [5, 5.41) is 12.0. The van der Waals surface area contributed by atoms with Crippen LogP contribution in [0, 0.1) is 0 Å². The van der Waals surface area contributed by atoms with Gasteiger partial charge in [-0.1, -0.05) is 6.07 Å². The van der Waals surface area contributed by atoms with Crippen molar-refractivity contribution in [3.63, 3.8) is 0 Å². The Labute approximate surface area is 110 Å². The summed E-state index contributed by atoms with van der Waals surface area (Å²) in [7, 11) is 3.60. The Hall–Kier alpha value is -1.66. The highest BCUT2D eigenvalue weighted by Crippen LogP contribution is 2.12. The van der Waals surface area contributed by atoms with Crippen molar-refractivity contribution in [1.82, 2.24) is 20.4 Å². The molecular formula is C12H16N4OS. The molecule has 0 aliphatic carbocycles. The van der Waals surface area contributed by atoms with E-state index in [4.69, 9.17) is 0 Å². The molecule has 0 saturated heterocycles. The lowest BCUT2D eigenvalue weighted by molar-refractivity contribution is -0.123. The van der Waals surface area contributed by atoms with E-state index in [1.807, 2.05) is 30.8 Å². The molecule has 0 aliphatic rings. The maximum absolute atomic E-state index is 12.1. The van der Waals surface area contributed by atoms with Crippen LogP contribution in [-0.2, 0) is 18.4 Å². The van der Waals surface area contributed by atoms with Crippen LogP contribution in [-0.4, -0.2) is 22.7 Å². The number of nitrogens with one attached hydrogen (secondary N) is 2. The predicted molar refractivity (Wildman–Crippen MR) is 71.2 cm³/mol. The lowest BCUT2D eigenvalue weighted by Crippen LogP contribution is -2.35.